The predicted octanol–water partition coefficient (Wildman–Crippen LogP) is 5.60. The number of anilines is 1. The molecule has 0 unspecified atom stereocenters. The molecule has 6 nitrogen and oxygen atoms in total. The number of methoxy groups -OCH3 is 2. The van der Waals surface area contributed by atoms with Crippen molar-refractivity contribution in [2.24, 2.45) is 5.10 Å². The Morgan fingerprint density at radius 3 is 2.23 bits per heavy atom. The van der Waals surface area contributed by atoms with E-state index < -0.39 is 0 Å². The molecule has 158 valence electrons. The van der Waals surface area contributed by atoms with E-state index in [1.165, 1.54) is 33.6 Å². The summed E-state index contributed by atoms with van der Waals surface area (Å²) in [6.07, 6.45) is 1.70. The lowest BCUT2D eigenvalue weighted by molar-refractivity contribution is 0.288. The molecule has 0 saturated carbocycles. The third-order valence-electron chi connectivity index (χ3n) is 4.58. The van der Waals surface area contributed by atoms with Crippen LogP contribution in [-0.4, -0.2) is 32.0 Å². The van der Waals surface area contributed by atoms with E-state index in [2.05, 4.69) is 43.4 Å². The van der Waals surface area contributed by atoms with Gasteiger partial charge in [0.1, 0.15) is 0 Å². The van der Waals surface area contributed by atoms with Gasteiger partial charge in [0.2, 0.25) is 10.9 Å². The third kappa shape index (κ3) is 4.74. The van der Waals surface area contributed by atoms with Gasteiger partial charge >= 0.3 is 0 Å². The van der Waals surface area contributed by atoms with Gasteiger partial charge in [0, 0.05) is 16.5 Å². The minimum atomic E-state index is 0.522. The molecule has 30 heavy (non-hydrogen) atoms. The van der Waals surface area contributed by atoms with Gasteiger partial charge < -0.3 is 14.2 Å². The second kappa shape index (κ2) is 9.63. The molecule has 1 N–H and O–H groups in total. The lowest BCUT2D eigenvalue weighted by atomic mass is 9.98. The zero-order valence-corrected chi connectivity index (χ0v) is 19.0. The minimum absolute atomic E-state index is 0.522. The highest BCUT2D eigenvalue weighted by Crippen LogP contribution is 2.38. The van der Waals surface area contributed by atoms with E-state index in [9.17, 15) is 0 Å². The fourth-order valence-corrected chi connectivity index (χ4v) is 4.10. The summed E-state index contributed by atoms with van der Waals surface area (Å²) in [5.41, 5.74) is 9.67. The number of rotatable bonds is 8. The topological polar surface area (TPSA) is 65.0 Å². The SMILES string of the molecule is CCOc1c(OC)cc(/C=N\Nc2nc(-c3c(C)cc(C)cc3C)cs2)cc1OC. The maximum atomic E-state index is 5.63. The van der Waals surface area contributed by atoms with Gasteiger partial charge in [-0.15, -0.1) is 11.3 Å². The average molecular weight is 426 g/mol. The van der Waals surface area contributed by atoms with Gasteiger partial charge in [0.05, 0.1) is 32.7 Å². The Kier molecular flexibility index (Phi) is 6.95. The van der Waals surface area contributed by atoms with Crippen molar-refractivity contribution in [3.05, 3.63) is 51.9 Å². The summed E-state index contributed by atoms with van der Waals surface area (Å²) in [7, 11) is 3.20. The van der Waals surface area contributed by atoms with Crippen molar-refractivity contribution in [2.45, 2.75) is 27.7 Å². The molecule has 1 aromatic heterocycles. The highest BCUT2D eigenvalue weighted by Gasteiger charge is 2.13. The van der Waals surface area contributed by atoms with Gasteiger partial charge in [0.25, 0.3) is 0 Å². The van der Waals surface area contributed by atoms with Gasteiger partial charge in [0.15, 0.2) is 11.5 Å². The average Bonchev–Trinajstić information content (AvgIpc) is 3.16. The molecule has 0 saturated heterocycles. The smallest absolute Gasteiger partial charge is 0.203 e. The van der Waals surface area contributed by atoms with E-state index in [0.29, 0.717) is 23.9 Å². The molecule has 0 aliphatic carbocycles. The standard InChI is InChI=1S/C23H27N3O3S/c1-7-29-22-19(27-5)10-17(11-20(22)28-6)12-24-26-23-25-18(13-30-23)21-15(3)8-14(2)9-16(21)4/h8-13H,7H2,1-6H3,(H,25,26)/b24-12-. The van der Waals surface area contributed by atoms with Crippen molar-refractivity contribution in [1.29, 1.82) is 0 Å². The van der Waals surface area contributed by atoms with Gasteiger partial charge in [-0.1, -0.05) is 17.7 Å². The molecule has 0 bridgehead atoms. The van der Waals surface area contributed by atoms with Crippen molar-refractivity contribution < 1.29 is 14.2 Å². The number of hydrogen-bond donors (Lipinski definition) is 1. The Labute approximate surface area is 181 Å². The van der Waals surface area contributed by atoms with Gasteiger partial charge in [-0.25, -0.2) is 4.98 Å². The lowest BCUT2D eigenvalue weighted by Gasteiger charge is -2.14. The molecule has 0 spiro atoms. The first-order chi connectivity index (χ1) is 14.5. The number of thiazole rings is 1. The van der Waals surface area contributed by atoms with E-state index in [1.807, 2.05) is 24.4 Å². The van der Waals surface area contributed by atoms with Crippen LogP contribution in [0.2, 0.25) is 0 Å². The number of aryl methyl sites for hydroxylation is 3. The Hall–Kier alpha value is -3.06. The number of benzene rings is 2. The molecule has 3 aromatic rings. The molecular weight excluding hydrogens is 398 g/mol. The molecule has 7 heteroatoms. The minimum Gasteiger partial charge on any atom is -0.493 e. The Balaban J connectivity index is 1.79. The highest BCUT2D eigenvalue weighted by atomic mass is 32.1. The molecule has 0 aliphatic rings. The Bertz CT molecular complexity index is 1010. The summed E-state index contributed by atoms with van der Waals surface area (Å²) in [5.74, 6) is 1.78. The molecule has 0 aliphatic heterocycles. The van der Waals surface area contributed by atoms with E-state index in [1.54, 1.807) is 20.4 Å². The Morgan fingerprint density at radius 2 is 1.67 bits per heavy atom. The van der Waals surface area contributed by atoms with E-state index in [4.69, 9.17) is 19.2 Å². The lowest BCUT2D eigenvalue weighted by Crippen LogP contribution is -2.00. The van der Waals surface area contributed by atoms with Crippen LogP contribution < -0.4 is 19.6 Å². The molecule has 0 radical (unpaired) electrons. The van der Waals surface area contributed by atoms with E-state index in [-0.39, 0.29) is 0 Å². The van der Waals surface area contributed by atoms with Crippen molar-refractivity contribution in [1.82, 2.24) is 4.98 Å². The number of aromatic nitrogens is 1. The second-order valence-electron chi connectivity index (χ2n) is 6.87. The van der Waals surface area contributed by atoms with Crippen molar-refractivity contribution in [3.8, 4) is 28.5 Å². The largest absolute Gasteiger partial charge is 0.493 e. The summed E-state index contributed by atoms with van der Waals surface area (Å²) in [5, 5.41) is 7.10. The number of nitrogens with zero attached hydrogens (tertiary/aromatic N) is 2. The number of hydrogen-bond acceptors (Lipinski definition) is 7. The second-order valence-corrected chi connectivity index (χ2v) is 7.73. The zero-order chi connectivity index (χ0) is 21.7. The summed E-state index contributed by atoms with van der Waals surface area (Å²) in [6, 6.07) is 8.06. The maximum Gasteiger partial charge on any atom is 0.203 e. The molecule has 3 rings (SSSR count). The summed E-state index contributed by atoms with van der Waals surface area (Å²) in [6.45, 7) is 8.78. The fourth-order valence-electron chi connectivity index (χ4n) is 3.45. The predicted molar refractivity (Wildman–Crippen MR) is 124 cm³/mol. The number of ether oxygens (including phenoxy) is 3. The molecular formula is C23H27N3O3S. The van der Waals surface area contributed by atoms with Crippen LogP contribution in [0, 0.1) is 20.8 Å². The van der Waals surface area contributed by atoms with Crippen LogP contribution in [0.1, 0.15) is 29.2 Å². The molecule has 0 fully saturated rings. The molecule has 2 aromatic carbocycles. The number of nitrogens with one attached hydrogen (secondary N) is 1. The van der Waals surface area contributed by atoms with Crippen LogP contribution in [-0.2, 0) is 0 Å². The molecule has 1 heterocycles. The van der Waals surface area contributed by atoms with Crippen LogP contribution in [0.3, 0.4) is 0 Å². The quantitative estimate of drug-likeness (QED) is 0.376. The summed E-state index contributed by atoms with van der Waals surface area (Å²) < 4.78 is 16.5. The van der Waals surface area contributed by atoms with Crippen molar-refractivity contribution in [2.75, 3.05) is 26.3 Å². The van der Waals surface area contributed by atoms with Gasteiger partial charge in [-0.2, -0.15) is 5.10 Å². The van der Waals surface area contributed by atoms with E-state index in [0.717, 1.165) is 16.4 Å². The zero-order valence-electron chi connectivity index (χ0n) is 18.2. The summed E-state index contributed by atoms with van der Waals surface area (Å²) >= 11 is 1.52. The molecule has 0 atom stereocenters. The van der Waals surface area contributed by atoms with Gasteiger partial charge in [-0.3, -0.25) is 5.43 Å². The van der Waals surface area contributed by atoms with Crippen LogP contribution in [0.4, 0.5) is 5.13 Å². The number of hydrazone groups is 1. The normalized spacial score (nSPS) is 11.0. The fraction of sp³-hybridized carbons (Fsp3) is 0.304. The third-order valence-corrected chi connectivity index (χ3v) is 5.33. The monoisotopic (exact) mass is 425 g/mol. The van der Waals surface area contributed by atoms with Crippen molar-refractivity contribution in [3.63, 3.8) is 0 Å². The first-order valence-electron chi connectivity index (χ1n) is 9.68. The van der Waals surface area contributed by atoms with Crippen LogP contribution in [0.5, 0.6) is 17.2 Å². The first kappa shape index (κ1) is 21.6. The van der Waals surface area contributed by atoms with E-state index >= 15 is 0 Å². The highest BCUT2D eigenvalue weighted by molar-refractivity contribution is 7.14. The Morgan fingerprint density at radius 1 is 1.03 bits per heavy atom. The van der Waals surface area contributed by atoms with Crippen molar-refractivity contribution >= 4 is 22.7 Å². The van der Waals surface area contributed by atoms with Crippen LogP contribution in [0.25, 0.3) is 11.3 Å². The maximum absolute atomic E-state index is 5.63. The first-order valence-corrected chi connectivity index (χ1v) is 10.6. The van der Waals surface area contributed by atoms with Crippen LogP contribution in [0.15, 0.2) is 34.7 Å². The molecule has 0 amide bonds. The van der Waals surface area contributed by atoms with Crippen LogP contribution >= 0.6 is 11.3 Å². The van der Waals surface area contributed by atoms with Gasteiger partial charge in [-0.05, 0) is 51.0 Å². The summed E-state index contributed by atoms with van der Waals surface area (Å²) in [4.78, 5) is 4.69.